The average molecular weight is 500 g/mol. The second-order valence-corrected chi connectivity index (χ2v) is 8.81. The van der Waals surface area contributed by atoms with Crippen LogP contribution in [0, 0.1) is 0 Å². The Morgan fingerprint density at radius 3 is 2.78 bits per heavy atom. The molecule has 0 radical (unpaired) electrons. The predicted molar refractivity (Wildman–Crippen MR) is 134 cm³/mol. The van der Waals surface area contributed by atoms with Crippen molar-refractivity contribution >= 4 is 28.9 Å². The first-order chi connectivity index (χ1) is 17.5. The number of rotatable bonds is 11. The fourth-order valence-corrected chi connectivity index (χ4v) is 4.52. The topological polar surface area (TPSA) is 172 Å². The van der Waals surface area contributed by atoms with Crippen LogP contribution in [0.3, 0.4) is 0 Å². The molecule has 1 aliphatic heterocycles. The predicted octanol–water partition coefficient (Wildman–Crippen LogP) is 2.19. The summed E-state index contributed by atoms with van der Waals surface area (Å²) in [6.45, 7) is 4.25. The maximum atomic E-state index is 11.2. The second kappa shape index (κ2) is 11.9. The Morgan fingerprint density at radius 1 is 1.28 bits per heavy atom. The lowest BCUT2D eigenvalue weighted by Gasteiger charge is -2.22. The molecule has 13 nitrogen and oxygen atoms in total. The van der Waals surface area contributed by atoms with Gasteiger partial charge in [0.1, 0.15) is 22.5 Å². The number of aliphatic hydroxyl groups is 1. The molecule has 0 saturated carbocycles. The van der Waals surface area contributed by atoms with Gasteiger partial charge in [0.05, 0.1) is 25.5 Å². The zero-order chi connectivity index (χ0) is 25.5. The highest BCUT2D eigenvalue weighted by molar-refractivity contribution is 5.89. The van der Waals surface area contributed by atoms with Crippen molar-refractivity contribution < 1.29 is 19.7 Å². The zero-order valence-electron chi connectivity index (χ0n) is 20.6. The van der Waals surface area contributed by atoms with Gasteiger partial charge in [-0.05, 0) is 38.8 Å². The molecule has 1 atom stereocenters. The van der Waals surface area contributed by atoms with Crippen molar-refractivity contribution in [3.8, 4) is 5.75 Å². The number of hydrogen-bond donors (Lipinski definition) is 5. The van der Waals surface area contributed by atoms with Crippen LogP contribution in [0.4, 0.5) is 16.6 Å². The Balaban J connectivity index is 1.69. The van der Waals surface area contributed by atoms with Crippen LogP contribution < -0.4 is 20.7 Å². The van der Waals surface area contributed by atoms with E-state index in [-0.39, 0.29) is 25.1 Å². The van der Waals surface area contributed by atoms with E-state index >= 15 is 0 Å². The van der Waals surface area contributed by atoms with Crippen LogP contribution in [0.5, 0.6) is 5.75 Å². The number of carbonyl (C=O) groups is 1. The van der Waals surface area contributed by atoms with Crippen molar-refractivity contribution in [2.24, 2.45) is 0 Å². The molecule has 1 amide bonds. The van der Waals surface area contributed by atoms with Gasteiger partial charge in [-0.1, -0.05) is 13.3 Å². The number of aromatic nitrogens is 6. The molecule has 13 heteroatoms. The Morgan fingerprint density at radius 2 is 2.08 bits per heavy atom. The summed E-state index contributed by atoms with van der Waals surface area (Å²) in [4.78, 5) is 19.9. The van der Waals surface area contributed by atoms with Crippen molar-refractivity contribution in [3.63, 3.8) is 0 Å². The molecule has 0 spiro atoms. The summed E-state index contributed by atoms with van der Waals surface area (Å²) in [6.07, 6.45) is 4.54. The van der Waals surface area contributed by atoms with Gasteiger partial charge < -0.3 is 25.6 Å². The van der Waals surface area contributed by atoms with Crippen molar-refractivity contribution in [1.82, 2.24) is 35.3 Å². The van der Waals surface area contributed by atoms with E-state index in [2.05, 4.69) is 48.1 Å². The molecule has 0 aromatic carbocycles. The Bertz CT molecular complexity index is 1170. The van der Waals surface area contributed by atoms with Crippen LogP contribution in [0.25, 0.3) is 11.0 Å². The van der Waals surface area contributed by atoms with E-state index < -0.39 is 6.09 Å². The molecule has 194 valence electrons. The third-order valence-electron chi connectivity index (χ3n) is 6.29. The van der Waals surface area contributed by atoms with Gasteiger partial charge in [0.15, 0.2) is 5.82 Å². The number of nitrogens with zero attached hydrogens (tertiary/aromatic N) is 6. The highest BCUT2D eigenvalue weighted by Crippen LogP contribution is 2.29. The number of anilines is 2. The number of ether oxygens (including phenoxy) is 1. The molecule has 0 aliphatic carbocycles. The lowest BCUT2D eigenvalue weighted by atomic mass is 9.94. The molecule has 4 heterocycles. The summed E-state index contributed by atoms with van der Waals surface area (Å²) in [5, 5.41) is 41.0. The quantitative estimate of drug-likeness (QED) is 0.262. The minimum atomic E-state index is -1.26. The normalized spacial score (nSPS) is 15.1. The molecule has 1 unspecified atom stereocenters. The second-order valence-electron chi connectivity index (χ2n) is 8.81. The standard InChI is InChI=1S/C23H33N9O4/c1-3-4-15(7-10-33)26-21-20-17(27-22(28-21)29-23(34)35)12-25-32(20)13-18-19(36-2)11-16(30-31-18)14-5-8-24-9-6-14/h11-12,14-15,24,33H,3-10,13H2,1-2H3,(H,34,35)(H2,26,27,28,29). The Labute approximate surface area is 208 Å². The molecule has 5 N–H and O–H groups in total. The molecule has 3 aromatic rings. The van der Waals surface area contributed by atoms with E-state index in [0.717, 1.165) is 44.5 Å². The van der Waals surface area contributed by atoms with Gasteiger partial charge in [-0.25, -0.2) is 9.78 Å². The summed E-state index contributed by atoms with van der Waals surface area (Å²) in [5.74, 6) is 1.34. The number of piperidine rings is 1. The van der Waals surface area contributed by atoms with Crippen molar-refractivity contribution in [2.45, 2.75) is 57.5 Å². The Hall–Kier alpha value is -3.58. The van der Waals surface area contributed by atoms with E-state index in [9.17, 15) is 9.90 Å². The lowest BCUT2D eigenvalue weighted by Crippen LogP contribution is -2.27. The smallest absolute Gasteiger partial charge is 0.411 e. The number of aliphatic hydroxyl groups excluding tert-OH is 1. The first kappa shape index (κ1) is 25.5. The third kappa shape index (κ3) is 5.97. The summed E-state index contributed by atoms with van der Waals surface area (Å²) in [5.41, 5.74) is 2.59. The molecule has 1 aliphatic rings. The average Bonchev–Trinajstić information content (AvgIpc) is 3.27. The van der Waals surface area contributed by atoms with Crippen LogP contribution >= 0.6 is 0 Å². The molecule has 4 rings (SSSR count). The first-order valence-electron chi connectivity index (χ1n) is 12.2. The minimum absolute atomic E-state index is 0.0155. The lowest BCUT2D eigenvalue weighted by molar-refractivity contribution is 0.209. The van der Waals surface area contributed by atoms with Crippen molar-refractivity contribution in [3.05, 3.63) is 23.7 Å². The molecule has 1 saturated heterocycles. The number of methoxy groups -OCH3 is 1. The van der Waals surface area contributed by atoms with Gasteiger partial charge in [-0.3, -0.25) is 10.00 Å². The van der Waals surface area contributed by atoms with Crippen molar-refractivity contribution in [2.75, 3.05) is 37.4 Å². The number of carboxylic acid groups (broad SMARTS) is 1. The van der Waals surface area contributed by atoms with Gasteiger partial charge in [0.2, 0.25) is 5.95 Å². The zero-order valence-corrected chi connectivity index (χ0v) is 20.6. The van der Waals surface area contributed by atoms with E-state index in [1.165, 1.54) is 0 Å². The largest absolute Gasteiger partial charge is 0.495 e. The highest BCUT2D eigenvalue weighted by atomic mass is 16.5. The molecular formula is C23H33N9O4. The molecule has 1 fully saturated rings. The number of hydrogen-bond acceptors (Lipinski definition) is 10. The van der Waals surface area contributed by atoms with Gasteiger partial charge in [-0.2, -0.15) is 15.2 Å². The number of nitrogens with one attached hydrogen (secondary N) is 3. The Kier molecular flexibility index (Phi) is 8.44. The fourth-order valence-electron chi connectivity index (χ4n) is 4.52. The molecule has 0 bridgehead atoms. The summed E-state index contributed by atoms with van der Waals surface area (Å²) >= 11 is 0. The SMILES string of the molecule is CCCC(CCO)Nc1nc(NC(=O)O)nc2cnn(Cc3nnc(C4CCNCC4)cc3OC)c12. The van der Waals surface area contributed by atoms with Crippen LogP contribution in [0.2, 0.25) is 0 Å². The van der Waals surface area contributed by atoms with Crippen LogP contribution in [0.1, 0.15) is 56.3 Å². The summed E-state index contributed by atoms with van der Waals surface area (Å²) < 4.78 is 7.35. The van der Waals surface area contributed by atoms with Crippen LogP contribution in [-0.4, -0.2) is 79.1 Å². The maximum Gasteiger partial charge on any atom is 0.411 e. The number of amides is 1. The summed E-state index contributed by atoms with van der Waals surface area (Å²) in [6, 6.07) is 1.89. The molecule has 36 heavy (non-hydrogen) atoms. The van der Waals surface area contributed by atoms with E-state index in [1.807, 2.05) is 6.07 Å². The third-order valence-corrected chi connectivity index (χ3v) is 6.29. The fraction of sp³-hybridized carbons (Fsp3) is 0.565. The van der Waals surface area contributed by atoms with Crippen LogP contribution in [0.15, 0.2) is 12.3 Å². The van der Waals surface area contributed by atoms with Crippen LogP contribution in [-0.2, 0) is 6.54 Å². The molecular weight excluding hydrogens is 466 g/mol. The monoisotopic (exact) mass is 499 g/mol. The van der Waals surface area contributed by atoms with E-state index in [4.69, 9.17) is 9.84 Å². The van der Waals surface area contributed by atoms with Gasteiger partial charge >= 0.3 is 6.09 Å². The van der Waals surface area contributed by atoms with Gasteiger partial charge in [0, 0.05) is 24.6 Å². The van der Waals surface area contributed by atoms with Gasteiger partial charge in [0.25, 0.3) is 0 Å². The highest BCUT2D eigenvalue weighted by Gasteiger charge is 2.22. The van der Waals surface area contributed by atoms with E-state index in [1.54, 1.807) is 18.0 Å². The van der Waals surface area contributed by atoms with Crippen molar-refractivity contribution in [1.29, 1.82) is 0 Å². The maximum absolute atomic E-state index is 11.2. The summed E-state index contributed by atoms with van der Waals surface area (Å²) in [7, 11) is 1.61. The minimum Gasteiger partial charge on any atom is -0.495 e. The first-order valence-corrected chi connectivity index (χ1v) is 12.2. The van der Waals surface area contributed by atoms with Gasteiger partial charge in [-0.15, -0.1) is 5.10 Å². The van der Waals surface area contributed by atoms with E-state index in [0.29, 0.717) is 40.6 Å². The number of fused-ring (bicyclic) bond motifs is 1. The molecule has 3 aromatic heterocycles.